The third-order valence-corrected chi connectivity index (χ3v) is 11.9. The average Bonchev–Trinajstić information content (AvgIpc) is 3.43. The number of carbonyl (C=O) groups is 1. The third-order valence-electron chi connectivity index (χ3n) is 11.9. The molecule has 11 heteroatoms. The van der Waals surface area contributed by atoms with E-state index in [0.29, 0.717) is 31.3 Å². The summed E-state index contributed by atoms with van der Waals surface area (Å²) < 4.78 is 50.4. The van der Waals surface area contributed by atoms with E-state index in [1.54, 1.807) is 20.3 Å². The predicted molar refractivity (Wildman–Crippen MR) is 193 cm³/mol. The van der Waals surface area contributed by atoms with Gasteiger partial charge in [-0.1, -0.05) is 64.2 Å². The number of ether oxygens (including phenoxy) is 8. The van der Waals surface area contributed by atoms with E-state index < -0.39 is 72.3 Å². The average molecular weight is 729 g/mol. The van der Waals surface area contributed by atoms with E-state index in [1.807, 2.05) is 45.1 Å². The number of esters is 1. The Bertz CT molecular complexity index is 1450. The molecule has 2 N–H and O–H groups in total. The molecular formula is C41H60O11. The van der Waals surface area contributed by atoms with Crippen molar-refractivity contribution in [1.82, 2.24) is 0 Å². The van der Waals surface area contributed by atoms with Gasteiger partial charge in [0.05, 0.1) is 37.1 Å². The summed E-state index contributed by atoms with van der Waals surface area (Å²) in [5.41, 5.74) is 0.672. The maximum atomic E-state index is 14.3. The molecule has 6 rings (SSSR count). The molecule has 11 nitrogen and oxygen atoms in total. The topological polar surface area (TPSA) is 131 Å². The summed E-state index contributed by atoms with van der Waals surface area (Å²) in [6.07, 6.45) is 10.6. The highest BCUT2D eigenvalue weighted by atomic mass is 16.7. The monoisotopic (exact) mass is 728 g/mol. The molecule has 5 heterocycles. The van der Waals surface area contributed by atoms with E-state index in [0.717, 1.165) is 11.1 Å². The smallest absolute Gasteiger partial charge is 0.316 e. The first-order valence-electron chi connectivity index (χ1n) is 19.1. The van der Waals surface area contributed by atoms with Crippen molar-refractivity contribution in [2.75, 3.05) is 20.8 Å². The van der Waals surface area contributed by atoms with Crippen LogP contribution in [0.4, 0.5) is 0 Å². The molecule has 3 fully saturated rings. The highest BCUT2D eigenvalue weighted by Gasteiger charge is 2.60. The molecule has 1 aliphatic carbocycles. The normalized spacial score (nSPS) is 48.3. The number of hydrogen-bond donors (Lipinski definition) is 2. The Labute approximate surface area is 309 Å². The lowest BCUT2D eigenvalue weighted by Gasteiger charge is -2.48. The molecule has 0 radical (unpaired) electrons. The van der Waals surface area contributed by atoms with Gasteiger partial charge in [0.2, 0.25) is 0 Å². The second-order valence-electron chi connectivity index (χ2n) is 16.1. The maximum absolute atomic E-state index is 14.3. The van der Waals surface area contributed by atoms with E-state index in [4.69, 9.17) is 37.9 Å². The molecule has 290 valence electrons. The van der Waals surface area contributed by atoms with Gasteiger partial charge in [0.25, 0.3) is 0 Å². The van der Waals surface area contributed by atoms with Crippen molar-refractivity contribution in [3.05, 3.63) is 59.3 Å². The Morgan fingerprint density at radius 1 is 0.962 bits per heavy atom. The van der Waals surface area contributed by atoms with Gasteiger partial charge < -0.3 is 48.1 Å². The second kappa shape index (κ2) is 15.9. The van der Waals surface area contributed by atoms with Gasteiger partial charge in [0.15, 0.2) is 12.1 Å². The van der Waals surface area contributed by atoms with Crippen LogP contribution in [-0.2, 0) is 42.7 Å². The minimum Gasteiger partial charge on any atom is -0.462 e. The predicted octanol–water partition coefficient (Wildman–Crippen LogP) is 5.11. The molecule has 0 aromatic heterocycles. The minimum atomic E-state index is -1.68. The zero-order valence-electron chi connectivity index (χ0n) is 32.2. The summed E-state index contributed by atoms with van der Waals surface area (Å²) in [5, 5.41) is 23.2. The maximum Gasteiger partial charge on any atom is 0.316 e. The van der Waals surface area contributed by atoms with Crippen LogP contribution in [0.3, 0.4) is 0 Å². The van der Waals surface area contributed by atoms with Crippen molar-refractivity contribution >= 4 is 5.97 Å². The van der Waals surface area contributed by atoms with Crippen LogP contribution in [0.2, 0.25) is 0 Å². The molecule has 1 spiro atoms. The number of aliphatic hydroxyl groups excluding tert-OH is 1. The van der Waals surface area contributed by atoms with Gasteiger partial charge in [-0.05, 0) is 55.9 Å². The zero-order valence-corrected chi connectivity index (χ0v) is 32.2. The standard InChI is InChI=1S/C41H60O11/c1-22(2)35-25(5)15-16-40(52-35)20-30-18-29(51-40)14-13-24(4)36(50-33-19-32(45-8)34(42)27(7)48-33)23(3)11-10-12-28-21-47-38-37(46-9)26(6)17-31(39(43)49-30)41(28,38)44/h10-13,15-17,22-23,25,27,29-38,42,44H,14,18-21H2,1-9H3/b11-10+,24-13+,28-12+/t23-,25-,27-,29+,30-,31-,32-,33-,34-,35+,36-,37+,38+,40+,41+/m0/s1. The van der Waals surface area contributed by atoms with Gasteiger partial charge >= 0.3 is 5.97 Å². The molecule has 2 bridgehead atoms. The van der Waals surface area contributed by atoms with Gasteiger partial charge in [0, 0.05) is 45.3 Å². The van der Waals surface area contributed by atoms with Crippen LogP contribution in [0.5, 0.6) is 0 Å². The summed E-state index contributed by atoms with van der Waals surface area (Å²) in [6.45, 7) is 14.4. The molecule has 52 heavy (non-hydrogen) atoms. The first-order chi connectivity index (χ1) is 24.7. The number of allylic oxidation sites excluding steroid dienone is 2. The van der Waals surface area contributed by atoms with Crippen LogP contribution in [0, 0.1) is 23.7 Å². The van der Waals surface area contributed by atoms with Crippen molar-refractivity contribution in [2.24, 2.45) is 23.7 Å². The summed E-state index contributed by atoms with van der Waals surface area (Å²) >= 11 is 0. The number of carbonyl (C=O) groups excluding carboxylic acids is 1. The summed E-state index contributed by atoms with van der Waals surface area (Å²) in [6, 6.07) is 0. The molecule has 3 saturated heterocycles. The van der Waals surface area contributed by atoms with E-state index in [2.05, 4.69) is 39.8 Å². The van der Waals surface area contributed by atoms with E-state index in [-0.39, 0.29) is 36.6 Å². The van der Waals surface area contributed by atoms with Crippen LogP contribution < -0.4 is 0 Å². The summed E-state index contributed by atoms with van der Waals surface area (Å²) in [5.74, 6) is -2.29. The number of rotatable bonds is 5. The molecular weight excluding hydrogens is 668 g/mol. The van der Waals surface area contributed by atoms with E-state index >= 15 is 0 Å². The van der Waals surface area contributed by atoms with Gasteiger partial charge in [-0.15, -0.1) is 0 Å². The molecule has 6 aliphatic rings. The summed E-state index contributed by atoms with van der Waals surface area (Å²) in [4.78, 5) is 14.3. The molecule has 0 amide bonds. The second-order valence-corrected chi connectivity index (χ2v) is 16.1. The number of hydrogen-bond acceptors (Lipinski definition) is 11. The van der Waals surface area contributed by atoms with Crippen molar-refractivity contribution in [1.29, 1.82) is 0 Å². The van der Waals surface area contributed by atoms with E-state index in [1.165, 1.54) is 0 Å². The van der Waals surface area contributed by atoms with Crippen molar-refractivity contribution in [3.63, 3.8) is 0 Å². The fourth-order valence-corrected chi connectivity index (χ4v) is 9.04. The van der Waals surface area contributed by atoms with Crippen molar-refractivity contribution in [2.45, 2.75) is 147 Å². The molecule has 15 atom stereocenters. The van der Waals surface area contributed by atoms with Gasteiger partial charge in [-0.2, -0.15) is 0 Å². The zero-order chi connectivity index (χ0) is 37.5. The Balaban J connectivity index is 1.39. The van der Waals surface area contributed by atoms with Gasteiger partial charge in [0.1, 0.15) is 35.9 Å². The third kappa shape index (κ3) is 7.68. The Hall–Kier alpha value is -2.19. The quantitative estimate of drug-likeness (QED) is 0.290. The van der Waals surface area contributed by atoms with Gasteiger partial charge in [-0.25, -0.2) is 0 Å². The van der Waals surface area contributed by atoms with Crippen LogP contribution >= 0.6 is 0 Å². The van der Waals surface area contributed by atoms with Crippen LogP contribution in [0.1, 0.15) is 74.1 Å². The molecule has 0 aromatic carbocycles. The lowest BCUT2D eigenvalue weighted by atomic mass is 9.70. The number of aliphatic hydroxyl groups is 2. The van der Waals surface area contributed by atoms with Gasteiger partial charge in [-0.3, -0.25) is 4.79 Å². The van der Waals surface area contributed by atoms with Crippen LogP contribution in [0.25, 0.3) is 0 Å². The summed E-state index contributed by atoms with van der Waals surface area (Å²) in [7, 11) is 3.17. The molecule has 5 aliphatic heterocycles. The number of methoxy groups -OCH3 is 2. The van der Waals surface area contributed by atoms with Crippen molar-refractivity contribution < 1.29 is 52.9 Å². The highest BCUT2D eigenvalue weighted by Crippen LogP contribution is 2.47. The highest BCUT2D eigenvalue weighted by molar-refractivity contribution is 5.78. The van der Waals surface area contributed by atoms with Crippen LogP contribution in [-0.4, -0.2) is 110 Å². The van der Waals surface area contributed by atoms with Crippen molar-refractivity contribution in [3.8, 4) is 0 Å². The minimum absolute atomic E-state index is 0.0762. The van der Waals surface area contributed by atoms with Crippen LogP contribution in [0.15, 0.2) is 59.3 Å². The fourth-order valence-electron chi connectivity index (χ4n) is 9.04. The lowest BCUT2D eigenvalue weighted by molar-refractivity contribution is -0.299. The number of fused-ring (bicyclic) bond motifs is 2. The fraction of sp³-hybridized carbons (Fsp3) is 0.732. The lowest BCUT2D eigenvalue weighted by Crippen LogP contribution is -2.58. The first kappa shape index (κ1) is 39.5. The largest absolute Gasteiger partial charge is 0.462 e. The molecule has 0 saturated carbocycles. The van der Waals surface area contributed by atoms with E-state index in [9.17, 15) is 15.0 Å². The SMILES string of the molecule is CO[C@H]1C[C@H](O[C@@H]2/C(C)=C/C[C@@H]3C[C@@H](C[C@]4(C=C[C@H](C)[C@@H](C(C)C)O4)O3)OC(=O)[C@@H]3C=C(C)[C@@H](OC)[C@H]4OC/C(=C\C=C\[C@@H]2C)[C@]43O)O[C@@H](C)[C@@H]1O. The Morgan fingerprint density at radius 3 is 2.44 bits per heavy atom. The Kier molecular flexibility index (Phi) is 12.1. The Morgan fingerprint density at radius 2 is 1.73 bits per heavy atom. The molecule has 0 unspecified atom stereocenters. The molecule has 0 aromatic rings. The first-order valence-corrected chi connectivity index (χ1v) is 19.1.